The molecule has 4 unspecified atom stereocenters. The van der Waals surface area contributed by atoms with Crippen molar-refractivity contribution >= 4 is 17.9 Å². The van der Waals surface area contributed by atoms with Gasteiger partial charge in [0.25, 0.3) is 0 Å². The smallest absolute Gasteiger partial charge is 0.408 e. The minimum atomic E-state index is -1.04. The predicted octanol–water partition coefficient (Wildman–Crippen LogP) is 5.70. The van der Waals surface area contributed by atoms with Crippen molar-refractivity contribution in [3.05, 3.63) is 29.8 Å². The zero-order chi connectivity index (χ0) is 28.2. The van der Waals surface area contributed by atoms with Crippen LogP contribution in [0.2, 0.25) is 0 Å². The molecule has 1 rings (SSSR count). The molecule has 0 spiro atoms. The number of nitrogens with zero attached hydrogens (tertiary/aromatic N) is 1. The van der Waals surface area contributed by atoms with Crippen LogP contribution in [-0.4, -0.2) is 52.1 Å². The van der Waals surface area contributed by atoms with E-state index in [1.54, 1.807) is 39.0 Å². The Morgan fingerprint density at radius 2 is 1.65 bits per heavy atom. The van der Waals surface area contributed by atoms with Gasteiger partial charge in [0.2, 0.25) is 11.8 Å². The summed E-state index contributed by atoms with van der Waals surface area (Å²) in [4.78, 5) is 42.1. The Hall–Kier alpha value is -2.77. The Morgan fingerprint density at radius 3 is 2.19 bits per heavy atom. The number of benzene rings is 1. The number of carbonyl (C=O) groups excluding carboxylic acids is 3. The van der Waals surface area contributed by atoms with Crippen LogP contribution >= 0.6 is 0 Å². The first kappa shape index (κ1) is 32.3. The molecule has 210 valence electrons. The Balaban J connectivity index is 3.53. The monoisotopic (exact) mass is 519 g/mol. The molecule has 1 aromatic rings. The molecule has 3 N–H and O–H groups in total. The highest BCUT2D eigenvalue weighted by Crippen LogP contribution is 2.31. The van der Waals surface area contributed by atoms with Crippen LogP contribution in [0.15, 0.2) is 24.3 Å². The SMILES string of the molecule is CCCCCN(C(=O)C(NC(=O)OC(C)(C)C)C(C)CC)C(C(=O)NC(C)CCC)c1ccccc1O. The number of nitrogens with one attached hydrogen (secondary N) is 2. The van der Waals surface area contributed by atoms with Crippen molar-refractivity contribution in [1.29, 1.82) is 0 Å². The quantitative estimate of drug-likeness (QED) is 0.273. The van der Waals surface area contributed by atoms with E-state index in [9.17, 15) is 19.5 Å². The number of unbranched alkanes of at least 4 members (excludes halogenated alkanes) is 2. The van der Waals surface area contributed by atoms with E-state index >= 15 is 0 Å². The summed E-state index contributed by atoms with van der Waals surface area (Å²) in [7, 11) is 0. The number of para-hydroxylation sites is 1. The first-order valence-electron chi connectivity index (χ1n) is 13.7. The minimum absolute atomic E-state index is 0.0562. The summed E-state index contributed by atoms with van der Waals surface area (Å²) >= 11 is 0. The maximum absolute atomic E-state index is 14.2. The van der Waals surface area contributed by atoms with E-state index in [0.29, 0.717) is 24.9 Å². The maximum Gasteiger partial charge on any atom is 0.408 e. The Labute approximate surface area is 223 Å². The van der Waals surface area contributed by atoms with Gasteiger partial charge in [-0.15, -0.1) is 0 Å². The molecular weight excluding hydrogens is 470 g/mol. The van der Waals surface area contributed by atoms with Gasteiger partial charge >= 0.3 is 6.09 Å². The second-order valence-electron chi connectivity index (χ2n) is 10.9. The van der Waals surface area contributed by atoms with Crippen LogP contribution in [0.3, 0.4) is 0 Å². The molecule has 0 aliphatic heterocycles. The molecule has 0 fully saturated rings. The number of phenolic OH excluding ortho intramolecular Hbond substituents is 1. The molecule has 0 saturated carbocycles. The van der Waals surface area contributed by atoms with Gasteiger partial charge in [0, 0.05) is 18.2 Å². The highest BCUT2D eigenvalue weighted by molar-refractivity contribution is 5.92. The van der Waals surface area contributed by atoms with Crippen molar-refractivity contribution in [3.63, 3.8) is 0 Å². The van der Waals surface area contributed by atoms with Crippen LogP contribution in [0.4, 0.5) is 4.79 Å². The second-order valence-corrected chi connectivity index (χ2v) is 10.9. The Morgan fingerprint density at radius 1 is 1.00 bits per heavy atom. The lowest BCUT2D eigenvalue weighted by Gasteiger charge is -2.36. The molecule has 3 amide bonds. The van der Waals surface area contributed by atoms with E-state index in [-0.39, 0.29) is 29.5 Å². The van der Waals surface area contributed by atoms with Gasteiger partial charge in [-0.25, -0.2) is 4.79 Å². The lowest BCUT2D eigenvalue weighted by atomic mass is 9.95. The molecule has 0 heterocycles. The molecule has 37 heavy (non-hydrogen) atoms. The van der Waals surface area contributed by atoms with Crippen LogP contribution in [0.25, 0.3) is 0 Å². The summed E-state index contributed by atoms with van der Waals surface area (Å²) in [6, 6.07) is 4.58. The predicted molar refractivity (Wildman–Crippen MR) is 147 cm³/mol. The first-order valence-corrected chi connectivity index (χ1v) is 13.7. The average molecular weight is 520 g/mol. The topological polar surface area (TPSA) is 108 Å². The summed E-state index contributed by atoms with van der Waals surface area (Å²) in [5.74, 6) is -0.990. The van der Waals surface area contributed by atoms with Crippen molar-refractivity contribution in [2.24, 2.45) is 5.92 Å². The molecular formula is C29H49N3O5. The number of hydrogen-bond acceptors (Lipinski definition) is 5. The summed E-state index contributed by atoms with van der Waals surface area (Å²) in [5.41, 5.74) is -0.365. The number of ether oxygens (including phenoxy) is 1. The van der Waals surface area contributed by atoms with Crippen molar-refractivity contribution in [2.45, 2.75) is 118 Å². The van der Waals surface area contributed by atoms with Crippen molar-refractivity contribution in [3.8, 4) is 5.75 Å². The van der Waals surface area contributed by atoms with Gasteiger partial charge in [-0.05, 0) is 52.5 Å². The number of hydrogen-bond donors (Lipinski definition) is 3. The third-order valence-electron chi connectivity index (χ3n) is 6.34. The van der Waals surface area contributed by atoms with Crippen LogP contribution in [0, 0.1) is 5.92 Å². The summed E-state index contributed by atoms with van der Waals surface area (Å²) < 4.78 is 5.44. The lowest BCUT2D eigenvalue weighted by Crippen LogP contribution is -2.55. The van der Waals surface area contributed by atoms with E-state index < -0.39 is 23.8 Å². The molecule has 0 aliphatic rings. The molecule has 8 nitrogen and oxygen atoms in total. The summed E-state index contributed by atoms with van der Waals surface area (Å²) in [5, 5.41) is 16.5. The van der Waals surface area contributed by atoms with E-state index in [1.807, 2.05) is 27.7 Å². The third-order valence-corrected chi connectivity index (χ3v) is 6.34. The molecule has 0 aromatic heterocycles. The Kier molecular flexibility index (Phi) is 13.5. The fourth-order valence-electron chi connectivity index (χ4n) is 4.19. The van der Waals surface area contributed by atoms with Gasteiger partial charge in [0.05, 0.1) is 0 Å². The van der Waals surface area contributed by atoms with Gasteiger partial charge in [0.1, 0.15) is 23.4 Å². The minimum Gasteiger partial charge on any atom is -0.508 e. The van der Waals surface area contributed by atoms with E-state index in [0.717, 1.165) is 25.7 Å². The Bertz CT molecular complexity index is 867. The number of rotatable bonds is 14. The van der Waals surface area contributed by atoms with Crippen LogP contribution in [0.5, 0.6) is 5.75 Å². The molecule has 0 radical (unpaired) electrons. The molecule has 1 aromatic carbocycles. The summed E-state index contributed by atoms with van der Waals surface area (Å²) in [6.45, 7) is 15.5. The fourth-order valence-corrected chi connectivity index (χ4v) is 4.19. The van der Waals surface area contributed by atoms with Gasteiger partial charge in [-0.1, -0.05) is 71.6 Å². The summed E-state index contributed by atoms with van der Waals surface area (Å²) in [6.07, 6.45) is 4.14. The zero-order valence-electron chi connectivity index (χ0n) is 24.1. The lowest BCUT2D eigenvalue weighted by molar-refractivity contribution is -0.143. The number of amides is 3. The van der Waals surface area contributed by atoms with E-state index in [2.05, 4.69) is 17.6 Å². The highest BCUT2D eigenvalue weighted by atomic mass is 16.6. The van der Waals surface area contributed by atoms with Gasteiger partial charge in [-0.3, -0.25) is 9.59 Å². The normalized spacial score (nSPS) is 14.7. The van der Waals surface area contributed by atoms with Gasteiger partial charge in [0.15, 0.2) is 0 Å². The number of phenols is 1. The van der Waals surface area contributed by atoms with Gasteiger partial charge < -0.3 is 25.4 Å². The third kappa shape index (κ3) is 10.6. The molecule has 8 heteroatoms. The van der Waals surface area contributed by atoms with E-state index in [4.69, 9.17) is 4.74 Å². The van der Waals surface area contributed by atoms with Crippen molar-refractivity contribution < 1.29 is 24.2 Å². The molecule has 0 bridgehead atoms. The number of aromatic hydroxyl groups is 1. The molecule has 4 atom stereocenters. The van der Waals surface area contributed by atoms with Crippen LogP contribution in [0.1, 0.15) is 106 Å². The molecule has 0 aliphatic carbocycles. The second kappa shape index (κ2) is 15.5. The highest BCUT2D eigenvalue weighted by Gasteiger charge is 2.39. The standard InChI is InChI=1S/C29H49N3O5/c1-9-12-15-19-32(27(35)24(20(4)11-3)31-28(36)37-29(6,7)8)25(22-17-13-14-18-23(22)33)26(34)30-21(5)16-10-2/h13-14,17-18,20-21,24-25,33H,9-12,15-16,19H2,1-8H3,(H,30,34)(H,31,36). The zero-order valence-corrected chi connectivity index (χ0v) is 24.1. The van der Waals surface area contributed by atoms with Crippen molar-refractivity contribution in [1.82, 2.24) is 15.5 Å². The van der Waals surface area contributed by atoms with Crippen LogP contribution < -0.4 is 10.6 Å². The molecule has 0 saturated heterocycles. The largest absolute Gasteiger partial charge is 0.508 e. The maximum atomic E-state index is 14.2. The van der Waals surface area contributed by atoms with Crippen LogP contribution in [-0.2, 0) is 14.3 Å². The number of alkyl carbamates (subject to hydrolysis) is 1. The van der Waals surface area contributed by atoms with Gasteiger partial charge in [-0.2, -0.15) is 0 Å². The average Bonchev–Trinajstić information content (AvgIpc) is 2.81. The first-order chi connectivity index (χ1) is 17.4. The van der Waals surface area contributed by atoms with Crippen molar-refractivity contribution in [2.75, 3.05) is 6.54 Å². The fraction of sp³-hybridized carbons (Fsp3) is 0.690. The number of carbonyl (C=O) groups is 3. The van der Waals surface area contributed by atoms with E-state index in [1.165, 1.54) is 11.0 Å².